The lowest BCUT2D eigenvalue weighted by Gasteiger charge is -2.21. The number of rotatable bonds is 5. The summed E-state index contributed by atoms with van der Waals surface area (Å²) in [6, 6.07) is 0.193. The van der Waals surface area contributed by atoms with Gasteiger partial charge in [0.1, 0.15) is 5.69 Å². The third-order valence-electron chi connectivity index (χ3n) is 3.55. The number of nitrogens with two attached hydrogens (primary N) is 2. The molecule has 1 heterocycles. The lowest BCUT2D eigenvalue weighted by atomic mass is 9.91. The van der Waals surface area contributed by atoms with Crippen LogP contribution in [0.2, 0.25) is 0 Å². The van der Waals surface area contributed by atoms with E-state index >= 15 is 0 Å². The van der Waals surface area contributed by atoms with Crippen molar-refractivity contribution in [1.29, 1.82) is 0 Å². The number of nitrogens with zero attached hydrogens (tertiary/aromatic N) is 1. The van der Waals surface area contributed by atoms with Crippen LogP contribution in [0.1, 0.15) is 48.6 Å². The van der Waals surface area contributed by atoms with Gasteiger partial charge in [-0.2, -0.15) is 0 Å². The Kier molecular flexibility index (Phi) is 3.23. The molecule has 4 N–H and O–H groups in total. The summed E-state index contributed by atoms with van der Waals surface area (Å²) in [6.07, 6.45) is 3.20. The van der Waals surface area contributed by atoms with Crippen molar-refractivity contribution < 1.29 is 4.79 Å². The molecule has 1 amide bonds. The van der Waals surface area contributed by atoms with E-state index in [2.05, 4.69) is 18.8 Å². The average Bonchev–Trinajstić information content (AvgIpc) is 2.85. The van der Waals surface area contributed by atoms with Crippen molar-refractivity contribution in [3.05, 3.63) is 16.1 Å². The van der Waals surface area contributed by atoms with E-state index in [1.165, 1.54) is 11.3 Å². The minimum absolute atomic E-state index is 0.127. The van der Waals surface area contributed by atoms with Crippen LogP contribution in [0, 0.1) is 5.92 Å². The Morgan fingerprint density at radius 1 is 1.59 bits per heavy atom. The fraction of sp³-hybridized carbons (Fsp3) is 0.667. The molecule has 5 heteroatoms. The molecule has 1 fully saturated rings. The van der Waals surface area contributed by atoms with Gasteiger partial charge in [-0.05, 0) is 25.2 Å². The number of primary amides is 1. The molecule has 0 saturated heterocycles. The van der Waals surface area contributed by atoms with E-state index in [1.54, 1.807) is 5.38 Å². The Labute approximate surface area is 105 Å². The monoisotopic (exact) mass is 253 g/mol. The standard InChI is InChI=1S/C12H19N3OS/c1-7(2)8(13)5-12(3-4-12)11-15-9(6-17-11)10(14)16/h6-8H,3-5,13H2,1-2H3,(H2,14,16)/t8-/m1/s1. The number of thiazole rings is 1. The van der Waals surface area contributed by atoms with Crippen molar-refractivity contribution in [2.45, 2.75) is 44.6 Å². The van der Waals surface area contributed by atoms with Crippen LogP contribution in [-0.4, -0.2) is 16.9 Å². The summed E-state index contributed by atoms with van der Waals surface area (Å²) in [4.78, 5) is 15.4. The van der Waals surface area contributed by atoms with Gasteiger partial charge in [0.25, 0.3) is 5.91 Å². The predicted octanol–water partition coefficient (Wildman–Crippen LogP) is 1.65. The van der Waals surface area contributed by atoms with Crippen molar-refractivity contribution in [1.82, 2.24) is 4.98 Å². The lowest BCUT2D eigenvalue weighted by molar-refractivity contribution is 0.0996. The molecule has 1 aromatic rings. The maximum absolute atomic E-state index is 11.0. The molecule has 0 spiro atoms. The van der Waals surface area contributed by atoms with Gasteiger partial charge in [0, 0.05) is 16.8 Å². The number of hydrogen-bond acceptors (Lipinski definition) is 4. The molecule has 1 atom stereocenters. The fourth-order valence-corrected chi connectivity index (χ4v) is 3.05. The zero-order valence-electron chi connectivity index (χ0n) is 10.3. The van der Waals surface area contributed by atoms with E-state index < -0.39 is 5.91 Å². The van der Waals surface area contributed by atoms with Crippen LogP contribution >= 0.6 is 11.3 Å². The lowest BCUT2D eigenvalue weighted by Crippen LogP contribution is -2.31. The van der Waals surface area contributed by atoms with Gasteiger partial charge in [-0.15, -0.1) is 11.3 Å². The molecule has 1 saturated carbocycles. The van der Waals surface area contributed by atoms with Gasteiger partial charge in [-0.1, -0.05) is 13.8 Å². The third kappa shape index (κ3) is 2.50. The van der Waals surface area contributed by atoms with E-state index in [4.69, 9.17) is 11.5 Å². The van der Waals surface area contributed by atoms with Crippen LogP contribution in [0.25, 0.3) is 0 Å². The predicted molar refractivity (Wildman–Crippen MR) is 69.0 cm³/mol. The molecular formula is C12H19N3OS. The van der Waals surface area contributed by atoms with Crippen molar-refractivity contribution >= 4 is 17.2 Å². The molecule has 1 aliphatic rings. The van der Waals surface area contributed by atoms with Crippen LogP contribution in [0.4, 0.5) is 0 Å². The number of carbonyl (C=O) groups is 1. The van der Waals surface area contributed by atoms with Crippen LogP contribution in [0.3, 0.4) is 0 Å². The second-order valence-corrected chi connectivity index (χ2v) is 6.15. The van der Waals surface area contributed by atoms with E-state index in [9.17, 15) is 4.79 Å². The molecule has 0 radical (unpaired) electrons. The van der Waals surface area contributed by atoms with Gasteiger partial charge < -0.3 is 11.5 Å². The Morgan fingerprint density at radius 2 is 2.24 bits per heavy atom. The van der Waals surface area contributed by atoms with Gasteiger partial charge in [0.15, 0.2) is 0 Å². The largest absolute Gasteiger partial charge is 0.364 e. The Balaban J connectivity index is 2.12. The molecule has 0 bridgehead atoms. The third-order valence-corrected chi connectivity index (χ3v) is 4.64. The summed E-state index contributed by atoms with van der Waals surface area (Å²) in [6.45, 7) is 4.27. The zero-order chi connectivity index (χ0) is 12.6. The number of aromatic nitrogens is 1. The molecule has 94 valence electrons. The first kappa shape index (κ1) is 12.5. The summed E-state index contributed by atoms with van der Waals surface area (Å²) in [7, 11) is 0. The SMILES string of the molecule is CC(C)[C@H](N)CC1(c2nc(C(N)=O)cs2)CC1. The first-order chi connectivity index (χ1) is 7.94. The molecule has 1 aromatic heterocycles. The number of amides is 1. The number of carbonyl (C=O) groups excluding carboxylic acids is 1. The van der Waals surface area contributed by atoms with Crippen molar-refractivity contribution in [2.75, 3.05) is 0 Å². The topological polar surface area (TPSA) is 82.0 Å². The summed E-state index contributed by atoms with van der Waals surface area (Å²) < 4.78 is 0. The summed E-state index contributed by atoms with van der Waals surface area (Å²) in [5.74, 6) is 0.0273. The highest BCUT2D eigenvalue weighted by molar-refractivity contribution is 7.10. The molecule has 2 rings (SSSR count). The Morgan fingerprint density at radius 3 is 2.65 bits per heavy atom. The van der Waals surface area contributed by atoms with Gasteiger partial charge in [-0.25, -0.2) is 4.98 Å². The Bertz CT molecular complexity index is 423. The van der Waals surface area contributed by atoms with Crippen LogP contribution in [0.15, 0.2) is 5.38 Å². The minimum atomic E-state index is -0.448. The van der Waals surface area contributed by atoms with Crippen molar-refractivity contribution in [3.63, 3.8) is 0 Å². The smallest absolute Gasteiger partial charge is 0.268 e. The summed E-state index contributed by atoms with van der Waals surface area (Å²) in [5, 5.41) is 2.78. The fourth-order valence-electron chi connectivity index (χ4n) is 1.97. The first-order valence-corrected chi connectivity index (χ1v) is 6.84. The quantitative estimate of drug-likeness (QED) is 0.837. The first-order valence-electron chi connectivity index (χ1n) is 5.96. The van der Waals surface area contributed by atoms with E-state index in [0.717, 1.165) is 24.3 Å². The zero-order valence-corrected chi connectivity index (χ0v) is 11.1. The second-order valence-electron chi connectivity index (χ2n) is 5.29. The van der Waals surface area contributed by atoms with Crippen molar-refractivity contribution in [3.8, 4) is 0 Å². The van der Waals surface area contributed by atoms with Crippen LogP contribution in [-0.2, 0) is 5.41 Å². The molecule has 0 unspecified atom stereocenters. The normalized spacial score (nSPS) is 19.3. The molecule has 4 nitrogen and oxygen atoms in total. The molecular weight excluding hydrogens is 234 g/mol. The van der Waals surface area contributed by atoms with Gasteiger partial charge in [-0.3, -0.25) is 4.79 Å². The van der Waals surface area contributed by atoms with Crippen LogP contribution in [0.5, 0.6) is 0 Å². The highest BCUT2D eigenvalue weighted by atomic mass is 32.1. The highest BCUT2D eigenvalue weighted by Crippen LogP contribution is 2.52. The van der Waals surface area contributed by atoms with Gasteiger partial charge >= 0.3 is 0 Å². The second kappa shape index (κ2) is 4.38. The average molecular weight is 253 g/mol. The van der Waals surface area contributed by atoms with E-state index in [0.29, 0.717) is 11.6 Å². The Hall–Kier alpha value is -0.940. The van der Waals surface area contributed by atoms with E-state index in [-0.39, 0.29) is 11.5 Å². The van der Waals surface area contributed by atoms with Gasteiger partial charge in [0.2, 0.25) is 0 Å². The molecule has 0 aromatic carbocycles. The maximum Gasteiger partial charge on any atom is 0.268 e. The summed E-state index contributed by atoms with van der Waals surface area (Å²) in [5.41, 5.74) is 11.9. The molecule has 0 aliphatic heterocycles. The van der Waals surface area contributed by atoms with E-state index in [1.807, 2.05) is 0 Å². The maximum atomic E-state index is 11.0. The molecule has 17 heavy (non-hydrogen) atoms. The summed E-state index contributed by atoms with van der Waals surface area (Å²) >= 11 is 1.53. The highest BCUT2D eigenvalue weighted by Gasteiger charge is 2.48. The minimum Gasteiger partial charge on any atom is -0.364 e. The molecule has 1 aliphatic carbocycles. The van der Waals surface area contributed by atoms with Crippen LogP contribution < -0.4 is 11.5 Å². The van der Waals surface area contributed by atoms with Gasteiger partial charge in [0.05, 0.1) is 5.01 Å². The van der Waals surface area contributed by atoms with Crippen molar-refractivity contribution in [2.24, 2.45) is 17.4 Å². The number of hydrogen-bond donors (Lipinski definition) is 2.